The van der Waals surface area contributed by atoms with Gasteiger partial charge in [-0.25, -0.2) is 8.78 Å². The lowest BCUT2D eigenvalue weighted by Gasteiger charge is -2.05. The molecule has 0 aliphatic heterocycles. The Labute approximate surface area is 78.7 Å². The monoisotopic (exact) mass is 186 g/mol. The largest absolute Gasteiger partial charge is 0.247 e. The van der Waals surface area contributed by atoms with Crippen LogP contribution in [0.4, 0.5) is 8.78 Å². The van der Waals surface area contributed by atoms with Gasteiger partial charge in [0.25, 0.3) is 0 Å². The Morgan fingerprint density at radius 3 is 2.46 bits per heavy atom. The third-order valence-corrected chi connectivity index (χ3v) is 1.52. The summed E-state index contributed by atoms with van der Waals surface area (Å²) in [7, 11) is 0. The molecule has 13 heavy (non-hydrogen) atoms. The summed E-state index contributed by atoms with van der Waals surface area (Å²) >= 11 is 0. The van der Waals surface area contributed by atoms with Gasteiger partial charge in [-0.2, -0.15) is 0 Å². The van der Waals surface area contributed by atoms with Crippen molar-refractivity contribution in [2.45, 2.75) is 20.3 Å². The molecule has 0 nitrogen and oxygen atoms in total. The lowest BCUT2D eigenvalue weighted by molar-refractivity contribution is 0.560. The number of hydrogen-bond acceptors (Lipinski definition) is 0. The fraction of sp³-hybridized carbons (Fsp3) is 0.455. The zero-order chi connectivity index (χ0) is 10.3. The van der Waals surface area contributed by atoms with Crippen LogP contribution in [0.15, 0.2) is 36.2 Å². The fourth-order valence-electron chi connectivity index (χ4n) is 1.00. The molecule has 0 bridgehead atoms. The van der Waals surface area contributed by atoms with E-state index >= 15 is 0 Å². The second kappa shape index (κ2) is 6.58. The minimum absolute atomic E-state index is 0.352. The van der Waals surface area contributed by atoms with Gasteiger partial charge in [-0.15, -0.1) is 0 Å². The first-order valence-electron chi connectivity index (χ1n) is 4.35. The van der Waals surface area contributed by atoms with E-state index in [0.717, 1.165) is 6.08 Å². The highest BCUT2D eigenvalue weighted by Crippen LogP contribution is 2.18. The third-order valence-electron chi connectivity index (χ3n) is 1.52. The number of hydrogen-bond donors (Lipinski definition) is 0. The summed E-state index contributed by atoms with van der Waals surface area (Å²) in [6.07, 6.45) is 4.55. The molecule has 0 aliphatic carbocycles. The van der Waals surface area contributed by atoms with Crippen LogP contribution in [0.25, 0.3) is 0 Å². The SMILES string of the molecule is C=C/C(F)=C(\C=C/CF)CC(C)C. The van der Waals surface area contributed by atoms with E-state index in [0.29, 0.717) is 17.9 Å². The lowest BCUT2D eigenvalue weighted by atomic mass is 10.0. The summed E-state index contributed by atoms with van der Waals surface area (Å²) in [6.45, 7) is 6.74. The van der Waals surface area contributed by atoms with E-state index in [1.54, 1.807) is 0 Å². The van der Waals surface area contributed by atoms with Crippen LogP contribution in [-0.2, 0) is 0 Å². The smallest absolute Gasteiger partial charge is 0.125 e. The summed E-state index contributed by atoms with van der Waals surface area (Å²) in [4.78, 5) is 0. The van der Waals surface area contributed by atoms with Crippen molar-refractivity contribution in [2.75, 3.05) is 6.67 Å². The normalized spacial score (nSPS) is 13.6. The van der Waals surface area contributed by atoms with Gasteiger partial charge < -0.3 is 0 Å². The molecule has 0 heterocycles. The molecule has 0 N–H and O–H groups in total. The van der Waals surface area contributed by atoms with Gasteiger partial charge in [-0.3, -0.25) is 0 Å². The molecule has 0 spiro atoms. The molecule has 0 atom stereocenters. The van der Waals surface area contributed by atoms with Gasteiger partial charge in [-0.05, 0) is 24.0 Å². The average Bonchev–Trinajstić information content (AvgIpc) is 2.10. The van der Waals surface area contributed by atoms with Gasteiger partial charge in [0.2, 0.25) is 0 Å². The molecule has 0 rings (SSSR count). The highest BCUT2D eigenvalue weighted by atomic mass is 19.1. The minimum Gasteiger partial charge on any atom is -0.247 e. The molecule has 0 radical (unpaired) electrons. The molecular formula is C11H16F2. The van der Waals surface area contributed by atoms with Crippen molar-refractivity contribution in [1.82, 2.24) is 0 Å². The van der Waals surface area contributed by atoms with Gasteiger partial charge in [0, 0.05) is 0 Å². The Hall–Kier alpha value is -0.920. The van der Waals surface area contributed by atoms with E-state index in [1.807, 2.05) is 13.8 Å². The van der Waals surface area contributed by atoms with Crippen molar-refractivity contribution >= 4 is 0 Å². The maximum Gasteiger partial charge on any atom is 0.125 e. The van der Waals surface area contributed by atoms with Gasteiger partial charge in [-0.1, -0.05) is 32.6 Å². The first-order chi connectivity index (χ1) is 6.11. The lowest BCUT2D eigenvalue weighted by Crippen LogP contribution is -1.91. The van der Waals surface area contributed by atoms with E-state index in [4.69, 9.17) is 0 Å². The van der Waals surface area contributed by atoms with E-state index in [9.17, 15) is 8.78 Å². The summed E-state index contributed by atoms with van der Waals surface area (Å²) in [5, 5.41) is 0. The summed E-state index contributed by atoms with van der Waals surface area (Å²) in [5.41, 5.74) is 0.516. The highest BCUT2D eigenvalue weighted by Gasteiger charge is 2.02. The van der Waals surface area contributed by atoms with Crippen molar-refractivity contribution < 1.29 is 8.78 Å². The Morgan fingerprint density at radius 1 is 1.46 bits per heavy atom. The number of allylic oxidation sites excluding steroid dienone is 5. The molecule has 0 unspecified atom stereocenters. The molecule has 74 valence electrons. The maximum atomic E-state index is 13.1. The zero-order valence-corrected chi connectivity index (χ0v) is 8.19. The molecule has 0 aromatic rings. The van der Waals surface area contributed by atoms with E-state index < -0.39 is 6.67 Å². The van der Waals surface area contributed by atoms with Gasteiger partial charge in [0.05, 0.1) is 0 Å². The number of halogens is 2. The molecule has 0 aromatic heterocycles. The van der Waals surface area contributed by atoms with E-state index in [2.05, 4.69) is 6.58 Å². The molecule has 0 aromatic carbocycles. The second-order valence-electron chi connectivity index (χ2n) is 3.23. The standard InChI is InChI=1S/C11H16F2/c1-4-11(13)10(6-5-7-12)8-9(2)3/h4-6,9H,1,7-8H2,2-3H3/b6-5-,11-10-. The Morgan fingerprint density at radius 2 is 2.08 bits per heavy atom. The van der Waals surface area contributed by atoms with Crippen LogP contribution < -0.4 is 0 Å². The van der Waals surface area contributed by atoms with Crippen LogP contribution in [0.1, 0.15) is 20.3 Å². The van der Waals surface area contributed by atoms with Crippen LogP contribution in [0, 0.1) is 5.92 Å². The molecule has 0 aliphatic rings. The molecule has 0 saturated carbocycles. The molecule has 0 saturated heterocycles. The van der Waals surface area contributed by atoms with E-state index in [-0.39, 0.29) is 5.83 Å². The quantitative estimate of drug-likeness (QED) is 0.570. The first kappa shape index (κ1) is 12.1. The van der Waals surface area contributed by atoms with Crippen LogP contribution in [-0.4, -0.2) is 6.67 Å². The molecule has 2 heteroatoms. The van der Waals surface area contributed by atoms with E-state index in [1.165, 1.54) is 12.2 Å². The second-order valence-corrected chi connectivity index (χ2v) is 3.23. The van der Waals surface area contributed by atoms with Gasteiger partial charge >= 0.3 is 0 Å². The summed E-state index contributed by atoms with van der Waals surface area (Å²) in [5.74, 6) is -0.0108. The minimum atomic E-state index is -0.563. The topological polar surface area (TPSA) is 0 Å². The maximum absolute atomic E-state index is 13.1. The van der Waals surface area contributed by atoms with Gasteiger partial charge in [0.15, 0.2) is 0 Å². The predicted octanol–water partition coefficient (Wildman–Crippen LogP) is 3.97. The average molecular weight is 186 g/mol. The van der Waals surface area contributed by atoms with Crippen molar-refractivity contribution in [3.63, 3.8) is 0 Å². The van der Waals surface area contributed by atoms with Crippen molar-refractivity contribution in [3.8, 4) is 0 Å². The first-order valence-corrected chi connectivity index (χ1v) is 4.35. The van der Waals surface area contributed by atoms with Crippen molar-refractivity contribution in [3.05, 3.63) is 36.2 Å². The molecule has 0 amide bonds. The summed E-state index contributed by atoms with van der Waals surface area (Å²) in [6, 6.07) is 0. The van der Waals surface area contributed by atoms with Crippen LogP contribution in [0.2, 0.25) is 0 Å². The number of alkyl halides is 1. The van der Waals surface area contributed by atoms with Crippen LogP contribution in [0.3, 0.4) is 0 Å². The fourth-order valence-corrected chi connectivity index (χ4v) is 1.00. The molecular weight excluding hydrogens is 170 g/mol. The molecule has 0 fully saturated rings. The van der Waals surface area contributed by atoms with Crippen molar-refractivity contribution in [1.29, 1.82) is 0 Å². The number of rotatable bonds is 5. The zero-order valence-electron chi connectivity index (χ0n) is 8.19. The predicted molar refractivity (Wildman–Crippen MR) is 52.9 cm³/mol. The van der Waals surface area contributed by atoms with Gasteiger partial charge in [0.1, 0.15) is 12.5 Å². The Kier molecular flexibility index (Phi) is 6.11. The van der Waals surface area contributed by atoms with Crippen molar-refractivity contribution in [2.24, 2.45) is 5.92 Å². The third kappa shape index (κ3) is 5.34. The van der Waals surface area contributed by atoms with Crippen LogP contribution in [0.5, 0.6) is 0 Å². The highest BCUT2D eigenvalue weighted by molar-refractivity contribution is 5.28. The Bertz CT molecular complexity index is 212. The van der Waals surface area contributed by atoms with Crippen LogP contribution >= 0.6 is 0 Å². The summed E-state index contributed by atoms with van der Waals surface area (Å²) < 4.78 is 24.9. The Balaban J connectivity index is 4.55.